The number of methoxy groups -OCH3 is 3. The van der Waals surface area contributed by atoms with E-state index in [-0.39, 0.29) is 12.7 Å². The van der Waals surface area contributed by atoms with Crippen LogP contribution in [0, 0.1) is 0 Å². The Labute approximate surface area is 177 Å². The maximum atomic E-state index is 9.18. The van der Waals surface area contributed by atoms with Crippen LogP contribution in [0.25, 0.3) is 0 Å². The van der Waals surface area contributed by atoms with E-state index in [4.69, 9.17) is 18.9 Å². The number of fused-ring (bicyclic) bond motifs is 1. The first kappa shape index (κ1) is 20.8. The van der Waals surface area contributed by atoms with E-state index in [2.05, 4.69) is 16.0 Å². The molecule has 30 heavy (non-hydrogen) atoms. The molecule has 162 valence electrons. The molecule has 1 atom stereocenters. The van der Waals surface area contributed by atoms with Crippen molar-refractivity contribution in [3.8, 4) is 23.0 Å². The van der Waals surface area contributed by atoms with Crippen molar-refractivity contribution in [3.63, 3.8) is 0 Å². The molecule has 0 spiro atoms. The minimum atomic E-state index is -0.142. The van der Waals surface area contributed by atoms with E-state index < -0.39 is 0 Å². The highest BCUT2D eigenvalue weighted by Gasteiger charge is 2.32. The van der Waals surface area contributed by atoms with E-state index in [1.807, 2.05) is 18.3 Å². The number of aliphatic hydroxyl groups is 1. The van der Waals surface area contributed by atoms with Crippen molar-refractivity contribution in [2.24, 2.45) is 0 Å². The van der Waals surface area contributed by atoms with Gasteiger partial charge in [-0.05, 0) is 50.0 Å². The summed E-state index contributed by atoms with van der Waals surface area (Å²) < 4.78 is 22.9. The lowest BCUT2D eigenvalue weighted by Gasteiger charge is -2.32. The van der Waals surface area contributed by atoms with Crippen LogP contribution < -0.4 is 18.9 Å². The van der Waals surface area contributed by atoms with Crippen LogP contribution in [0.5, 0.6) is 23.0 Å². The summed E-state index contributed by atoms with van der Waals surface area (Å²) in [5, 5.41) is 9.18. The average molecular weight is 415 g/mol. The number of pyridine rings is 1. The van der Waals surface area contributed by atoms with Crippen molar-refractivity contribution in [1.29, 1.82) is 0 Å². The number of benzene rings is 1. The first-order chi connectivity index (χ1) is 14.7. The predicted molar refractivity (Wildman–Crippen MR) is 113 cm³/mol. The second-order valence-corrected chi connectivity index (χ2v) is 7.78. The molecule has 7 heteroatoms. The summed E-state index contributed by atoms with van der Waals surface area (Å²) in [4.78, 5) is 6.92. The van der Waals surface area contributed by atoms with Crippen LogP contribution in [0.2, 0.25) is 0 Å². The molecule has 0 radical (unpaired) electrons. The maximum Gasteiger partial charge on any atom is 0.203 e. The minimum Gasteiger partial charge on any atom is -0.493 e. The number of likely N-dealkylation sites (tertiary alicyclic amines) is 1. The fourth-order valence-electron chi connectivity index (χ4n) is 4.55. The predicted octanol–water partition coefficient (Wildman–Crippen LogP) is 2.96. The lowest BCUT2D eigenvalue weighted by atomic mass is 9.89. The summed E-state index contributed by atoms with van der Waals surface area (Å²) in [6.07, 6.45) is 4.60. The molecule has 1 saturated heterocycles. The SMILES string of the molecule is COc1cc(C2Cc3nccc(C4CCN(CCO)CC4)c3O2)cc(OC)c1OC. The molecule has 7 nitrogen and oxygen atoms in total. The standard InChI is InChI=1S/C23H30N2O5/c1-27-20-12-16(13-21(28-2)23(20)29-3)19-14-18-22(30-19)17(4-7-24-18)15-5-8-25(9-6-15)10-11-26/h4,7,12-13,15,19,26H,5-6,8-11,14H2,1-3H3. The molecule has 0 aliphatic carbocycles. The molecule has 2 aromatic rings. The minimum absolute atomic E-state index is 0.142. The Morgan fingerprint density at radius 1 is 1.10 bits per heavy atom. The average Bonchev–Trinajstić information content (AvgIpc) is 3.23. The molecular weight excluding hydrogens is 384 g/mol. The summed E-state index contributed by atoms with van der Waals surface area (Å²) in [7, 11) is 4.84. The topological polar surface area (TPSA) is 73.3 Å². The van der Waals surface area contributed by atoms with Crippen LogP contribution in [-0.4, -0.2) is 62.6 Å². The van der Waals surface area contributed by atoms with Crippen LogP contribution in [-0.2, 0) is 6.42 Å². The number of nitrogens with zero attached hydrogens (tertiary/aromatic N) is 2. The van der Waals surface area contributed by atoms with Gasteiger partial charge >= 0.3 is 0 Å². The Balaban J connectivity index is 1.57. The molecular formula is C23H30N2O5. The second-order valence-electron chi connectivity index (χ2n) is 7.78. The highest BCUT2D eigenvalue weighted by atomic mass is 16.5. The molecule has 1 unspecified atom stereocenters. The largest absolute Gasteiger partial charge is 0.493 e. The van der Waals surface area contributed by atoms with Gasteiger partial charge in [-0.15, -0.1) is 0 Å². The lowest BCUT2D eigenvalue weighted by Crippen LogP contribution is -2.35. The monoisotopic (exact) mass is 414 g/mol. The highest BCUT2D eigenvalue weighted by Crippen LogP contribution is 2.46. The second kappa shape index (κ2) is 9.10. The van der Waals surface area contributed by atoms with Crippen LogP contribution in [0.1, 0.15) is 41.7 Å². The van der Waals surface area contributed by atoms with Crippen molar-refractivity contribution in [2.75, 3.05) is 47.6 Å². The normalized spacial score (nSPS) is 19.3. The van der Waals surface area contributed by atoms with Gasteiger partial charge < -0.3 is 29.0 Å². The molecule has 1 aromatic heterocycles. The Hall–Kier alpha value is -2.51. The number of hydrogen-bond acceptors (Lipinski definition) is 7. The Morgan fingerprint density at radius 2 is 1.80 bits per heavy atom. The van der Waals surface area contributed by atoms with Gasteiger partial charge in [-0.25, -0.2) is 0 Å². The number of rotatable bonds is 7. The Kier molecular flexibility index (Phi) is 6.29. The summed E-state index contributed by atoms with van der Waals surface area (Å²) in [6, 6.07) is 6.00. The van der Waals surface area contributed by atoms with Crippen LogP contribution in [0.3, 0.4) is 0 Å². The maximum absolute atomic E-state index is 9.18. The quantitative estimate of drug-likeness (QED) is 0.747. The van der Waals surface area contributed by atoms with E-state index in [1.165, 1.54) is 5.56 Å². The number of hydrogen-bond donors (Lipinski definition) is 1. The van der Waals surface area contributed by atoms with E-state index >= 15 is 0 Å². The third-order valence-corrected chi connectivity index (χ3v) is 6.15. The molecule has 2 aliphatic heterocycles. The van der Waals surface area contributed by atoms with Crippen LogP contribution in [0.4, 0.5) is 0 Å². The molecule has 3 heterocycles. The molecule has 1 N–H and O–H groups in total. The van der Waals surface area contributed by atoms with Gasteiger partial charge in [-0.3, -0.25) is 4.98 Å². The summed E-state index contributed by atoms with van der Waals surface area (Å²) in [5.41, 5.74) is 3.23. The van der Waals surface area contributed by atoms with Crippen molar-refractivity contribution < 1.29 is 24.1 Å². The highest BCUT2D eigenvalue weighted by molar-refractivity contribution is 5.55. The van der Waals surface area contributed by atoms with Gasteiger partial charge in [0.05, 0.1) is 33.6 Å². The molecule has 4 rings (SSSR count). The fourth-order valence-corrected chi connectivity index (χ4v) is 4.55. The zero-order chi connectivity index (χ0) is 21.1. The fraction of sp³-hybridized carbons (Fsp3) is 0.522. The third kappa shape index (κ3) is 3.91. The Morgan fingerprint density at radius 3 is 2.40 bits per heavy atom. The molecule has 2 aliphatic rings. The lowest BCUT2D eigenvalue weighted by molar-refractivity contribution is 0.162. The number of piperidine rings is 1. The molecule has 0 amide bonds. The first-order valence-corrected chi connectivity index (χ1v) is 10.5. The van der Waals surface area contributed by atoms with E-state index in [9.17, 15) is 5.11 Å². The van der Waals surface area contributed by atoms with E-state index in [1.54, 1.807) is 21.3 Å². The van der Waals surface area contributed by atoms with Crippen LogP contribution >= 0.6 is 0 Å². The van der Waals surface area contributed by atoms with Gasteiger partial charge in [0.25, 0.3) is 0 Å². The van der Waals surface area contributed by atoms with Gasteiger partial charge in [-0.2, -0.15) is 0 Å². The first-order valence-electron chi connectivity index (χ1n) is 10.5. The summed E-state index contributed by atoms with van der Waals surface area (Å²) >= 11 is 0. The zero-order valence-corrected chi connectivity index (χ0v) is 17.9. The summed E-state index contributed by atoms with van der Waals surface area (Å²) in [6.45, 7) is 2.97. The van der Waals surface area contributed by atoms with Gasteiger partial charge in [0.1, 0.15) is 11.9 Å². The molecule has 1 aromatic carbocycles. The number of aliphatic hydroxyl groups excluding tert-OH is 1. The van der Waals surface area contributed by atoms with E-state index in [0.29, 0.717) is 29.6 Å². The van der Waals surface area contributed by atoms with Gasteiger partial charge in [0.2, 0.25) is 5.75 Å². The summed E-state index contributed by atoms with van der Waals surface area (Å²) in [5.74, 6) is 3.20. The van der Waals surface area contributed by atoms with Crippen LogP contribution in [0.15, 0.2) is 24.4 Å². The zero-order valence-electron chi connectivity index (χ0n) is 17.9. The molecule has 1 fully saturated rings. The van der Waals surface area contributed by atoms with Gasteiger partial charge in [0, 0.05) is 30.3 Å². The number of aromatic nitrogens is 1. The van der Waals surface area contributed by atoms with Crippen molar-refractivity contribution in [3.05, 3.63) is 41.2 Å². The van der Waals surface area contributed by atoms with E-state index in [0.717, 1.165) is 49.5 Å². The number of β-amino-alcohol motifs (C(OH)–C–C–N with tert-alkyl or cyclic N) is 1. The van der Waals surface area contributed by atoms with Crippen molar-refractivity contribution in [2.45, 2.75) is 31.3 Å². The Bertz CT molecular complexity index is 855. The molecule has 0 bridgehead atoms. The smallest absolute Gasteiger partial charge is 0.203 e. The van der Waals surface area contributed by atoms with Crippen molar-refractivity contribution >= 4 is 0 Å². The molecule has 0 saturated carbocycles. The van der Waals surface area contributed by atoms with Gasteiger partial charge in [0.15, 0.2) is 11.5 Å². The van der Waals surface area contributed by atoms with Crippen molar-refractivity contribution in [1.82, 2.24) is 9.88 Å². The number of ether oxygens (including phenoxy) is 4. The third-order valence-electron chi connectivity index (χ3n) is 6.15. The van der Waals surface area contributed by atoms with Gasteiger partial charge in [-0.1, -0.05) is 0 Å².